The zero-order valence-electron chi connectivity index (χ0n) is 18.5. The van der Waals surface area contributed by atoms with Crippen molar-refractivity contribution in [2.75, 3.05) is 37.8 Å². The number of rotatable bonds is 9. The molecule has 1 aliphatic rings. The number of carboxylic acid groups (broad SMARTS) is 1. The Balaban J connectivity index is 1.69. The monoisotopic (exact) mass is 495 g/mol. The molecule has 1 aliphatic heterocycles. The summed E-state index contributed by atoms with van der Waals surface area (Å²) in [6, 6.07) is 6.33. The molecule has 0 radical (unpaired) electrons. The largest absolute Gasteiger partial charge is 0.550 e. The molecule has 2 heterocycles. The van der Waals surface area contributed by atoms with Crippen LogP contribution in [0, 0.1) is 5.92 Å². The molecule has 1 aromatic carbocycles. The fourth-order valence-corrected chi connectivity index (χ4v) is 5.93. The molecule has 180 valence electrons. The van der Waals surface area contributed by atoms with Crippen LogP contribution in [0.3, 0.4) is 0 Å². The van der Waals surface area contributed by atoms with E-state index in [0.29, 0.717) is 49.7 Å². The summed E-state index contributed by atoms with van der Waals surface area (Å²) in [5, 5.41) is 19.4. The molecule has 1 saturated heterocycles. The van der Waals surface area contributed by atoms with E-state index in [1.165, 1.54) is 21.1 Å². The van der Waals surface area contributed by atoms with Crippen molar-refractivity contribution < 1.29 is 23.1 Å². The number of hydrogen-bond acceptors (Lipinski definition) is 9. The van der Waals surface area contributed by atoms with Crippen molar-refractivity contribution in [3.8, 4) is 11.4 Å². The molecule has 13 heteroatoms. The third kappa shape index (κ3) is 5.47. The third-order valence-electron chi connectivity index (χ3n) is 5.61. The van der Waals surface area contributed by atoms with Crippen LogP contribution in [0.1, 0.15) is 26.7 Å². The molecular formula is C20H27N6O5S2-. The van der Waals surface area contributed by atoms with Crippen LogP contribution in [0.15, 0.2) is 34.3 Å². The molecule has 3 rings (SSSR count). The van der Waals surface area contributed by atoms with Gasteiger partial charge in [0.15, 0.2) is 5.82 Å². The highest BCUT2D eigenvalue weighted by Gasteiger charge is 2.25. The van der Waals surface area contributed by atoms with Gasteiger partial charge in [-0.15, -0.1) is 10.2 Å². The molecule has 0 spiro atoms. The second-order valence-electron chi connectivity index (χ2n) is 7.56. The van der Waals surface area contributed by atoms with E-state index >= 15 is 0 Å². The van der Waals surface area contributed by atoms with Crippen molar-refractivity contribution >= 4 is 33.7 Å². The Kier molecular flexibility index (Phi) is 7.97. The molecular weight excluding hydrogens is 468 g/mol. The first kappa shape index (κ1) is 25.0. The number of carboxylic acids is 1. The van der Waals surface area contributed by atoms with Crippen LogP contribution >= 0.6 is 11.8 Å². The van der Waals surface area contributed by atoms with Gasteiger partial charge in [-0.05, 0) is 25.0 Å². The van der Waals surface area contributed by atoms with Gasteiger partial charge in [-0.3, -0.25) is 4.79 Å². The first-order chi connectivity index (χ1) is 15.7. The van der Waals surface area contributed by atoms with Gasteiger partial charge in [0.05, 0.1) is 10.6 Å². The van der Waals surface area contributed by atoms with Crippen molar-refractivity contribution in [1.29, 1.82) is 0 Å². The van der Waals surface area contributed by atoms with E-state index in [9.17, 15) is 23.1 Å². The SMILES string of the molecule is CCN(CC)S(=O)(=O)c1cccc(-c2nnc(SCC(=O)N3CCC(C(=O)[O-])CC3)n2N)c1. The number of hydrogen-bond donors (Lipinski definition) is 1. The second-order valence-corrected chi connectivity index (χ2v) is 10.4. The average molecular weight is 496 g/mol. The van der Waals surface area contributed by atoms with E-state index in [4.69, 9.17) is 5.84 Å². The summed E-state index contributed by atoms with van der Waals surface area (Å²) in [5.74, 6) is 4.75. The van der Waals surface area contributed by atoms with Crippen LogP contribution < -0.4 is 10.9 Å². The number of aromatic nitrogens is 3. The van der Waals surface area contributed by atoms with E-state index in [1.54, 1.807) is 30.9 Å². The molecule has 2 N–H and O–H groups in total. The Labute approximate surface area is 197 Å². The highest BCUT2D eigenvalue weighted by atomic mass is 32.2. The Morgan fingerprint density at radius 3 is 2.48 bits per heavy atom. The molecule has 11 nitrogen and oxygen atoms in total. The minimum absolute atomic E-state index is 0.0711. The van der Waals surface area contributed by atoms with Crippen LogP contribution in [0.4, 0.5) is 0 Å². The predicted molar refractivity (Wildman–Crippen MR) is 121 cm³/mol. The maximum Gasteiger partial charge on any atom is 0.243 e. The van der Waals surface area contributed by atoms with Crippen LogP contribution in [-0.2, 0) is 19.6 Å². The lowest BCUT2D eigenvalue weighted by atomic mass is 9.97. The van der Waals surface area contributed by atoms with E-state index in [2.05, 4.69) is 10.2 Å². The number of thioether (sulfide) groups is 1. The van der Waals surface area contributed by atoms with Gasteiger partial charge in [-0.1, -0.05) is 37.7 Å². The van der Waals surface area contributed by atoms with Crippen LogP contribution in [0.5, 0.6) is 0 Å². The summed E-state index contributed by atoms with van der Waals surface area (Å²) in [6.45, 7) is 5.00. The number of aliphatic carboxylic acids is 1. The number of likely N-dealkylation sites (tertiary alicyclic amines) is 1. The summed E-state index contributed by atoms with van der Waals surface area (Å²) in [7, 11) is -3.64. The normalized spacial score (nSPS) is 15.2. The molecule has 0 unspecified atom stereocenters. The molecule has 33 heavy (non-hydrogen) atoms. The number of benzene rings is 1. The molecule has 1 aromatic heterocycles. The fraction of sp³-hybridized carbons (Fsp3) is 0.500. The van der Waals surface area contributed by atoms with E-state index in [1.807, 2.05) is 0 Å². The average Bonchev–Trinajstić information content (AvgIpc) is 3.18. The Morgan fingerprint density at radius 2 is 1.88 bits per heavy atom. The predicted octanol–water partition coefficient (Wildman–Crippen LogP) is -0.230. The molecule has 0 saturated carbocycles. The minimum Gasteiger partial charge on any atom is -0.550 e. The van der Waals surface area contributed by atoms with Crippen molar-refractivity contribution in [2.45, 2.75) is 36.7 Å². The lowest BCUT2D eigenvalue weighted by molar-refractivity contribution is -0.312. The number of carbonyl (C=O) groups excluding carboxylic acids is 2. The number of carbonyl (C=O) groups is 2. The molecule has 0 aliphatic carbocycles. The summed E-state index contributed by atoms with van der Waals surface area (Å²) in [5.41, 5.74) is 0.487. The van der Waals surface area contributed by atoms with Crippen LogP contribution in [-0.4, -0.2) is 76.3 Å². The molecule has 1 amide bonds. The zero-order valence-corrected chi connectivity index (χ0v) is 20.1. The summed E-state index contributed by atoms with van der Waals surface area (Å²) in [6.07, 6.45) is 0.755. The molecule has 0 bridgehead atoms. The van der Waals surface area contributed by atoms with Gasteiger partial charge < -0.3 is 20.6 Å². The Hall–Kier alpha value is -2.64. The summed E-state index contributed by atoms with van der Waals surface area (Å²) >= 11 is 1.11. The van der Waals surface area contributed by atoms with Gasteiger partial charge >= 0.3 is 0 Å². The van der Waals surface area contributed by atoms with Crippen molar-refractivity contribution in [1.82, 2.24) is 24.1 Å². The topological polar surface area (TPSA) is 155 Å². The van der Waals surface area contributed by atoms with Crippen LogP contribution in [0.2, 0.25) is 0 Å². The zero-order chi connectivity index (χ0) is 24.2. The maximum atomic E-state index is 12.8. The highest BCUT2D eigenvalue weighted by Crippen LogP contribution is 2.26. The van der Waals surface area contributed by atoms with E-state index < -0.39 is 21.9 Å². The Bertz CT molecular complexity index is 1110. The molecule has 2 aromatic rings. The number of sulfonamides is 1. The number of nitrogens with two attached hydrogens (primary N) is 1. The summed E-state index contributed by atoms with van der Waals surface area (Å²) < 4.78 is 28.2. The molecule has 0 atom stereocenters. The first-order valence-electron chi connectivity index (χ1n) is 10.6. The second kappa shape index (κ2) is 10.5. The van der Waals surface area contributed by atoms with Gasteiger partial charge in [0.2, 0.25) is 21.1 Å². The number of amides is 1. The Morgan fingerprint density at radius 1 is 1.21 bits per heavy atom. The van der Waals surface area contributed by atoms with Crippen LogP contribution in [0.25, 0.3) is 11.4 Å². The number of nitrogens with zero attached hydrogens (tertiary/aromatic N) is 5. The van der Waals surface area contributed by atoms with Gasteiger partial charge in [-0.2, -0.15) is 4.31 Å². The van der Waals surface area contributed by atoms with Gasteiger partial charge in [0.25, 0.3) is 0 Å². The minimum atomic E-state index is -3.64. The smallest absolute Gasteiger partial charge is 0.243 e. The fourth-order valence-electron chi connectivity index (χ4n) is 3.66. The maximum absolute atomic E-state index is 12.8. The standard InChI is InChI=1S/C20H28N6O5S2/c1-3-25(4-2)33(30,31)16-7-5-6-15(12-16)18-22-23-20(26(18)21)32-13-17(27)24-10-8-14(9-11-24)19(28)29/h5-7,12,14H,3-4,8-11,13,21H2,1-2H3,(H,28,29)/p-1. The van der Waals surface area contributed by atoms with Crippen molar-refractivity contribution in [3.63, 3.8) is 0 Å². The van der Waals surface area contributed by atoms with Gasteiger partial charge in [0, 0.05) is 43.6 Å². The van der Waals surface area contributed by atoms with Crippen molar-refractivity contribution in [3.05, 3.63) is 24.3 Å². The lowest BCUT2D eigenvalue weighted by Crippen LogP contribution is -2.44. The number of piperidine rings is 1. The lowest BCUT2D eigenvalue weighted by Gasteiger charge is -2.32. The quantitative estimate of drug-likeness (QED) is 0.367. The first-order valence-corrected chi connectivity index (χ1v) is 13.0. The highest BCUT2D eigenvalue weighted by molar-refractivity contribution is 7.99. The third-order valence-corrected chi connectivity index (χ3v) is 8.58. The number of nitrogen functional groups attached to an aromatic ring is 1. The molecule has 1 fully saturated rings. The van der Waals surface area contributed by atoms with Gasteiger partial charge in [-0.25, -0.2) is 13.1 Å². The van der Waals surface area contributed by atoms with Gasteiger partial charge in [0.1, 0.15) is 0 Å². The van der Waals surface area contributed by atoms with Crippen molar-refractivity contribution in [2.24, 2.45) is 5.92 Å². The van der Waals surface area contributed by atoms with E-state index in [0.717, 1.165) is 11.8 Å². The van der Waals surface area contributed by atoms with E-state index in [-0.39, 0.29) is 22.4 Å². The summed E-state index contributed by atoms with van der Waals surface area (Å²) in [4.78, 5) is 25.2.